The molecule has 0 N–H and O–H groups in total. The van der Waals surface area contributed by atoms with E-state index in [2.05, 4.69) is 32.5 Å². The van der Waals surface area contributed by atoms with E-state index in [-0.39, 0.29) is 0 Å². The Morgan fingerprint density at radius 3 is 2.50 bits per heavy atom. The van der Waals surface area contributed by atoms with Gasteiger partial charge in [-0.25, -0.2) is 4.98 Å². The van der Waals surface area contributed by atoms with E-state index in [1.54, 1.807) is 0 Å². The minimum Gasteiger partial charge on any atom is -0.334 e. The van der Waals surface area contributed by atoms with Crippen LogP contribution >= 0.6 is 0 Å². The third-order valence-electron chi connectivity index (χ3n) is 4.96. The van der Waals surface area contributed by atoms with Crippen LogP contribution in [0, 0.1) is 5.92 Å². The van der Waals surface area contributed by atoms with Crippen LogP contribution in [-0.4, -0.2) is 52.1 Å². The van der Waals surface area contributed by atoms with Crippen molar-refractivity contribution in [1.29, 1.82) is 0 Å². The predicted octanol–water partition coefficient (Wildman–Crippen LogP) is 2.21. The molecule has 2 heterocycles. The number of hydrogen-bond donors (Lipinski definition) is 0. The summed E-state index contributed by atoms with van der Waals surface area (Å²) < 4.78 is 2.25. The largest absolute Gasteiger partial charge is 0.334 e. The quantitative estimate of drug-likeness (QED) is 0.824. The Morgan fingerprint density at radius 2 is 1.80 bits per heavy atom. The highest BCUT2D eigenvalue weighted by Gasteiger charge is 2.22. The second-order valence-corrected chi connectivity index (χ2v) is 6.36. The number of hydrogen-bond acceptors (Lipinski definition) is 3. The molecule has 0 atom stereocenters. The van der Waals surface area contributed by atoms with Gasteiger partial charge in [-0.1, -0.05) is 12.8 Å². The Labute approximate surface area is 122 Å². The van der Waals surface area contributed by atoms with Crippen LogP contribution in [0.2, 0.25) is 0 Å². The van der Waals surface area contributed by atoms with Crippen molar-refractivity contribution in [3.8, 4) is 0 Å². The third kappa shape index (κ3) is 3.41. The zero-order chi connectivity index (χ0) is 13.8. The summed E-state index contributed by atoms with van der Waals surface area (Å²) in [5.41, 5.74) is 0. The molecule has 0 unspecified atom stereocenters. The molecular formula is C16H28N4. The standard InChI is InChI=1S/C16H28N4/c1-2-20-8-7-17-16(20)14-19-11-9-18(10-12-19)13-15-5-3-4-6-15/h7-8,15H,2-6,9-14H2,1H3. The number of aromatic nitrogens is 2. The first kappa shape index (κ1) is 14.1. The summed E-state index contributed by atoms with van der Waals surface area (Å²) >= 11 is 0. The van der Waals surface area contributed by atoms with Gasteiger partial charge in [0.15, 0.2) is 0 Å². The Kier molecular flexibility index (Phi) is 4.73. The minimum atomic E-state index is 0.987. The number of piperazine rings is 1. The Balaban J connectivity index is 1.44. The third-order valence-corrected chi connectivity index (χ3v) is 4.96. The van der Waals surface area contributed by atoms with Gasteiger partial charge in [-0.2, -0.15) is 0 Å². The average Bonchev–Trinajstić information content (AvgIpc) is 3.12. The highest BCUT2D eigenvalue weighted by Crippen LogP contribution is 2.25. The number of imidazole rings is 1. The van der Waals surface area contributed by atoms with Gasteiger partial charge in [-0.15, -0.1) is 0 Å². The fourth-order valence-corrected chi connectivity index (χ4v) is 3.67. The summed E-state index contributed by atoms with van der Waals surface area (Å²) in [5.74, 6) is 2.21. The summed E-state index contributed by atoms with van der Waals surface area (Å²) in [7, 11) is 0. The molecule has 1 aromatic heterocycles. The molecule has 20 heavy (non-hydrogen) atoms. The summed E-state index contributed by atoms with van der Waals surface area (Å²) in [6.45, 7) is 10.4. The van der Waals surface area contributed by atoms with Gasteiger partial charge in [-0.3, -0.25) is 4.90 Å². The van der Waals surface area contributed by atoms with Gasteiger partial charge in [-0.05, 0) is 25.7 Å². The molecule has 0 amide bonds. The van der Waals surface area contributed by atoms with E-state index in [1.165, 1.54) is 64.2 Å². The molecule has 2 fully saturated rings. The van der Waals surface area contributed by atoms with Crippen molar-refractivity contribution in [3.63, 3.8) is 0 Å². The summed E-state index contributed by atoms with van der Waals surface area (Å²) in [6.07, 6.45) is 9.87. The molecule has 3 rings (SSSR count). The molecular weight excluding hydrogens is 248 g/mol. The topological polar surface area (TPSA) is 24.3 Å². The number of rotatable bonds is 5. The van der Waals surface area contributed by atoms with Crippen LogP contribution in [0.1, 0.15) is 38.4 Å². The SMILES string of the molecule is CCn1ccnc1CN1CCN(CC2CCCC2)CC1. The zero-order valence-corrected chi connectivity index (χ0v) is 12.8. The molecule has 1 saturated carbocycles. The van der Waals surface area contributed by atoms with E-state index in [0.29, 0.717) is 0 Å². The van der Waals surface area contributed by atoms with E-state index >= 15 is 0 Å². The van der Waals surface area contributed by atoms with Gasteiger partial charge in [0, 0.05) is 51.7 Å². The molecule has 4 heteroatoms. The highest BCUT2D eigenvalue weighted by atomic mass is 15.3. The smallest absolute Gasteiger partial charge is 0.122 e. The second kappa shape index (κ2) is 6.72. The minimum absolute atomic E-state index is 0.987. The molecule has 4 nitrogen and oxygen atoms in total. The van der Waals surface area contributed by atoms with Gasteiger partial charge in [0.1, 0.15) is 5.82 Å². The van der Waals surface area contributed by atoms with E-state index in [1.807, 2.05) is 6.20 Å². The molecule has 1 saturated heterocycles. The van der Waals surface area contributed by atoms with E-state index < -0.39 is 0 Å². The Hall–Kier alpha value is -0.870. The molecule has 2 aliphatic rings. The Bertz CT molecular complexity index is 400. The number of aryl methyl sites for hydroxylation is 1. The lowest BCUT2D eigenvalue weighted by Gasteiger charge is -2.35. The lowest BCUT2D eigenvalue weighted by Crippen LogP contribution is -2.47. The van der Waals surface area contributed by atoms with Gasteiger partial charge in [0.25, 0.3) is 0 Å². The van der Waals surface area contributed by atoms with Gasteiger partial charge in [0.05, 0.1) is 6.54 Å². The molecule has 1 aliphatic carbocycles. The summed E-state index contributed by atoms with van der Waals surface area (Å²) in [5, 5.41) is 0. The first-order valence-electron chi connectivity index (χ1n) is 8.30. The van der Waals surface area contributed by atoms with Crippen LogP contribution in [0.15, 0.2) is 12.4 Å². The highest BCUT2D eigenvalue weighted by molar-refractivity contribution is 4.93. The molecule has 1 aromatic rings. The fraction of sp³-hybridized carbons (Fsp3) is 0.812. The lowest BCUT2D eigenvalue weighted by molar-refractivity contribution is 0.111. The van der Waals surface area contributed by atoms with E-state index in [0.717, 1.165) is 19.0 Å². The molecule has 0 bridgehead atoms. The van der Waals surface area contributed by atoms with Crippen molar-refractivity contribution in [1.82, 2.24) is 19.4 Å². The van der Waals surface area contributed by atoms with Gasteiger partial charge >= 0.3 is 0 Å². The summed E-state index contributed by atoms with van der Waals surface area (Å²) in [4.78, 5) is 9.73. The Morgan fingerprint density at radius 1 is 1.10 bits per heavy atom. The van der Waals surface area contributed by atoms with Crippen LogP contribution in [0.5, 0.6) is 0 Å². The van der Waals surface area contributed by atoms with Crippen molar-refractivity contribution in [2.45, 2.75) is 45.7 Å². The van der Waals surface area contributed by atoms with Crippen molar-refractivity contribution in [2.24, 2.45) is 5.92 Å². The van der Waals surface area contributed by atoms with Crippen molar-refractivity contribution in [3.05, 3.63) is 18.2 Å². The van der Waals surface area contributed by atoms with Crippen LogP contribution < -0.4 is 0 Å². The normalized spacial score (nSPS) is 22.6. The van der Waals surface area contributed by atoms with Gasteiger partial charge in [0.2, 0.25) is 0 Å². The lowest BCUT2D eigenvalue weighted by atomic mass is 10.1. The van der Waals surface area contributed by atoms with Crippen LogP contribution in [0.25, 0.3) is 0 Å². The van der Waals surface area contributed by atoms with Crippen LogP contribution in [-0.2, 0) is 13.1 Å². The van der Waals surface area contributed by atoms with Crippen molar-refractivity contribution in [2.75, 3.05) is 32.7 Å². The van der Waals surface area contributed by atoms with Crippen LogP contribution in [0.3, 0.4) is 0 Å². The van der Waals surface area contributed by atoms with Crippen molar-refractivity contribution >= 4 is 0 Å². The molecule has 1 aliphatic heterocycles. The first-order valence-corrected chi connectivity index (χ1v) is 8.30. The first-order chi connectivity index (χ1) is 9.85. The average molecular weight is 276 g/mol. The molecule has 0 aromatic carbocycles. The maximum atomic E-state index is 4.49. The van der Waals surface area contributed by atoms with Gasteiger partial charge < -0.3 is 9.47 Å². The van der Waals surface area contributed by atoms with E-state index in [9.17, 15) is 0 Å². The molecule has 0 spiro atoms. The molecule has 112 valence electrons. The maximum absolute atomic E-state index is 4.49. The molecule has 0 radical (unpaired) electrons. The van der Waals surface area contributed by atoms with Crippen molar-refractivity contribution < 1.29 is 0 Å². The monoisotopic (exact) mass is 276 g/mol. The zero-order valence-electron chi connectivity index (χ0n) is 12.8. The summed E-state index contributed by atoms with van der Waals surface area (Å²) in [6, 6.07) is 0. The predicted molar refractivity (Wildman–Crippen MR) is 81.6 cm³/mol. The van der Waals surface area contributed by atoms with Crippen LogP contribution in [0.4, 0.5) is 0 Å². The number of nitrogens with zero attached hydrogens (tertiary/aromatic N) is 4. The second-order valence-electron chi connectivity index (χ2n) is 6.36. The fourth-order valence-electron chi connectivity index (χ4n) is 3.67. The van der Waals surface area contributed by atoms with E-state index in [4.69, 9.17) is 0 Å². The maximum Gasteiger partial charge on any atom is 0.122 e.